The first-order chi connectivity index (χ1) is 7.66. The van der Waals surface area contributed by atoms with E-state index >= 15 is 0 Å². The summed E-state index contributed by atoms with van der Waals surface area (Å²) >= 11 is 3.21. The van der Waals surface area contributed by atoms with Gasteiger partial charge in [-0.2, -0.15) is 0 Å². The zero-order valence-electron chi connectivity index (χ0n) is 8.60. The molecule has 1 aromatic heterocycles. The van der Waals surface area contributed by atoms with Crippen LogP contribution in [0.15, 0.2) is 41.1 Å². The molecule has 5 heteroatoms. The van der Waals surface area contributed by atoms with Crippen LogP contribution in [0.3, 0.4) is 0 Å². The maximum atomic E-state index is 13.6. The van der Waals surface area contributed by atoms with Gasteiger partial charge < -0.3 is 4.84 Å². The second kappa shape index (κ2) is 4.65. The summed E-state index contributed by atoms with van der Waals surface area (Å²) in [5, 5.41) is 3.89. The van der Waals surface area contributed by atoms with Crippen LogP contribution < -0.4 is 4.84 Å². The molecule has 2 rings (SSSR count). The molecule has 0 spiro atoms. The fraction of sp³-hybridized carbons (Fsp3) is 0.182. The Balaban J connectivity index is 2.17. The number of halogens is 2. The molecule has 1 heterocycles. The van der Waals surface area contributed by atoms with E-state index in [2.05, 4.69) is 21.0 Å². The van der Waals surface area contributed by atoms with Crippen molar-refractivity contribution in [3.8, 4) is 0 Å². The molecule has 0 amide bonds. The Kier molecular flexibility index (Phi) is 3.24. The molecule has 0 fully saturated rings. The Morgan fingerprint density at radius 3 is 2.94 bits per heavy atom. The van der Waals surface area contributed by atoms with Crippen LogP contribution in [0.25, 0.3) is 0 Å². The van der Waals surface area contributed by atoms with Crippen molar-refractivity contribution in [3.63, 3.8) is 0 Å². The summed E-state index contributed by atoms with van der Waals surface area (Å²) in [6.45, 7) is 1.77. The molecule has 0 aliphatic rings. The highest BCUT2D eigenvalue weighted by Crippen LogP contribution is 2.21. The topological polar surface area (TPSA) is 27.1 Å². The number of rotatable bonds is 3. The van der Waals surface area contributed by atoms with E-state index in [9.17, 15) is 4.39 Å². The lowest BCUT2D eigenvalue weighted by molar-refractivity contribution is 0.0227. The van der Waals surface area contributed by atoms with E-state index in [4.69, 9.17) is 4.84 Å². The van der Waals surface area contributed by atoms with E-state index in [0.29, 0.717) is 10.0 Å². The minimum atomic E-state index is -0.395. The molecule has 0 bridgehead atoms. The molecule has 3 nitrogen and oxygen atoms in total. The third-order valence-corrected chi connectivity index (χ3v) is 2.64. The van der Waals surface area contributed by atoms with E-state index in [0.717, 1.165) is 0 Å². The van der Waals surface area contributed by atoms with Crippen molar-refractivity contribution in [1.29, 1.82) is 0 Å². The zero-order chi connectivity index (χ0) is 11.5. The highest BCUT2D eigenvalue weighted by Gasteiger charge is 2.13. The molecule has 16 heavy (non-hydrogen) atoms. The highest BCUT2D eigenvalue weighted by molar-refractivity contribution is 9.10. The van der Waals surface area contributed by atoms with E-state index in [1.54, 1.807) is 37.5 Å². The summed E-state index contributed by atoms with van der Waals surface area (Å²) in [7, 11) is 0. The quantitative estimate of drug-likeness (QED) is 0.867. The summed E-state index contributed by atoms with van der Waals surface area (Å²) in [5.74, 6) is -0.297. The second-order valence-corrected chi connectivity index (χ2v) is 4.24. The summed E-state index contributed by atoms with van der Waals surface area (Å²) in [6, 6.07) is 6.62. The molecule has 1 aromatic carbocycles. The molecule has 0 aliphatic heterocycles. The Labute approximate surface area is 101 Å². The van der Waals surface area contributed by atoms with Crippen LogP contribution in [0.5, 0.6) is 0 Å². The molecule has 1 atom stereocenters. The van der Waals surface area contributed by atoms with Crippen molar-refractivity contribution in [2.45, 2.75) is 13.0 Å². The van der Waals surface area contributed by atoms with Crippen LogP contribution in [0.1, 0.15) is 18.6 Å². The molecule has 0 N–H and O–H groups in total. The normalized spacial score (nSPS) is 12.4. The first-order valence-electron chi connectivity index (χ1n) is 4.78. The molecule has 0 radical (unpaired) electrons. The number of hydrogen-bond acceptors (Lipinski definition) is 2. The Morgan fingerprint density at radius 1 is 1.50 bits per heavy atom. The second-order valence-electron chi connectivity index (χ2n) is 3.32. The van der Waals surface area contributed by atoms with E-state index in [1.807, 2.05) is 0 Å². The predicted octanol–water partition coefficient (Wildman–Crippen LogP) is 2.97. The number of hydrogen-bond donors (Lipinski definition) is 0. The van der Waals surface area contributed by atoms with E-state index in [-0.39, 0.29) is 5.82 Å². The fourth-order valence-electron chi connectivity index (χ4n) is 1.37. The van der Waals surface area contributed by atoms with Gasteiger partial charge in [0.2, 0.25) is 0 Å². The Bertz CT molecular complexity index is 473. The third-order valence-electron chi connectivity index (χ3n) is 2.15. The number of nitrogens with zero attached hydrogens (tertiary/aromatic N) is 2. The maximum absolute atomic E-state index is 13.6. The summed E-state index contributed by atoms with van der Waals surface area (Å²) < 4.78 is 14.3. The van der Waals surface area contributed by atoms with Gasteiger partial charge >= 0.3 is 0 Å². The molecular formula is C11H10BrFN2O. The van der Waals surface area contributed by atoms with Crippen molar-refractivity contribution in [2.24, 2.45) is 0 Å². The van der Waals surface area contributed by atoms with E-state index in [1.165, 1.54) is 10.9 Å². The van der Waals surface area contributed by atoms with Crippen LogP contribution in [-0.4, -0.2) is 9.94 Å². The highest BCUT2D eigenvalue weighted by atomic mass is 79.9. The van der Waals surface area contributed by atoms with E-state index < -0.39 is 6.10 Å². The van der Waals surface area contributed by atoms with Crippen LogP contribution in [-0.2, 0) is 0 Å². The van der Waals surface area contributed by atoms with Gasteiger partial charge in [0.05, 0.1) is 12.4 Å². The monoisotopic (exact) mass is 284 g/mol. The fourth-order valence-corrected chi connectivity index (χ4v) is 1.70. The maximum Gasteiger partial charge on any atom is 0.152 e. The van der Waals surface area contributed by atoms with Gasteiger partial charge in [0.1, 0.15) is 5.82 Å². The average Bonchev–Trinajstić information content (AvgIpc) is 2.70. The summed E-state index contributed by atoms with van der Waals surface area (Å²) in [4.78, 5) is 6.72. The largest absolute Gasteiger partial charge is 0.389 e. The first kappa shape index (κ1) is 11.1. The Morgan fingerprint density at radius 2 is 2.31 bits per heavy atom. The minimum Gasteiger partial charge on any atom is -0.389 e. The number of aromatic nitrogens is 2. The molecule has 2 aromatic rings. The SMILES string of the molecule is CC(On1cccn1)c1ccc(Br)cc1F. The molecule has 84 valence electrons. The molecular weight excluding hydrogens is 275 g/mol. The van der Waals surface area contributed by atoms with Crippen LogP contribution in [0.2, 0.25) is 0 Å². The average molecular weight is 285 g/mol. The predicted molar refractivity (Wildman–Crippen MR) is 61.3 cm³/mol. The smallest absolute Gasteiger partial charge is 0.152 e. The van der Waals surface area contributed by atoms with Gasteiger partial charge in [0.25, 0.3) is 0 Å². The number of benzene rings is 1. The Hall–Kier alpha value is -1.36. The van der Waals surface area contributed by atoms with Gasteiger partial charge in [-0.25, -0.2) is 4.39 Å². The van der Waals surface area contributed by atoms with Gasteiger partial charge in [-0.1, -0.05) is 22.0 Å². The van der Waals surface area contributed by atoms with Crippen molar-refractivity contribution in [1.82, 2.24) is 9.94 Å². The van der Waals surface area contributed by atoms with Crippen molar-refractivity contribution >= 4 is 15.9 Å². The lowest BCUT2D eigenvalue weighted by atomic mass is 10.1. The van der Waals surface area contributed by atoms with Crippen LogP contribution >= 0.6 is 15.9 Å². The molecule has 0 saturated carbocycles. The van der Waals surface area contributed by atoms with Gasteiger partial charge in [-0.3, -0.25) is 0 Å². The third kappa shape index (κ3) is 2.41. The van der Waals surface area contributed by atoms with Crippen molar-refractivity contribution in [3.05, 3.63) is 52.5 Å². The molecule has 0 saturated heterocycles. The van der Waals surface area contributed by atoms with Gasteiger partial charge in [0, 0.05) is 10.0 Å². The lowest BCUT2D eigenvalue weighted by Crippen LogP contribution is -2.17. The summed E-state index contributed by atoms with van der Waals surface area (Å²) in [6.07, 6.45) is 2.87. The zero-order valence-corrected chi connectivity index (χ0v) is 10.2. The molecule has 0 aliphatic carbocycles. The first-order valence-corrected chi connectivity index (χ1v) is 5.58. The van der Waals surface area contributed by atoms with Gasteiger partial charge in [0.15, 0.2) is 6.10 Å². The van der Waals surface area contributed by atoms with Crippen molar-refractivity contribution in [2.75, 3.05) is 0 Å². The standard InChI is InChI=1S/C11H10BrFN2O/c1-8(16-15-6-2-5-14-15)10-4-3-9(12)7-11(10)13/h2-8H,1H3. The molecule has 1 unspecified atom stereocenters. The summed E-state index contributed by atoms with van der Waals surface area (Å²) in [5.41, 5.74) is 0.499. The lowest BCUT2D eigenvalue weighted by Gasteiger charge is -2.14. The van der Waals surface area contributed by atoms with Crippen LogP contribution in [0.4, 0.5) is 4.39 Å². The van der Waals surface area contributed by atoms with Gasteiger partial charge in [-0.15, -0.1) is 9.94 Å². The van der Waals surface area contributed by atoms with Crippen molar-refractivity contribution < 1.29 is 9.23 Å². The minimum absolute atomic E-state index is 0.297. The van der Waals surface area contributed by atoms with Crippen LogP contribution in [0, 0.1) is 5.82 Å². The van der Waals surface area contributed by atoms with Gasteiger partial charge in [-0.05, 0) is 25.1 Å².